The van der Waals surface area contributed by atoms with Crippen LogP contribution in [0, 0.1) is 0 Å². The first-order valence-electron chi connectivity index (χ1n) is 6.65. The summed E-state index contributed by atoms with van der Waals surface area (Å²) < 4.78 is 0. The van der Waals surface area contributed by atoms with Gasteiger partial charge in [-0.25, -0.2) is 14.4 Å². The van der Waals surface area contributed by atoms with Gasteiger partial charge in [0.05, 0.1) is 6.10 Å². The molecule has 24 heavy (non-hydrogen) atoms. The zero-order valence-electron chi connectivity index (χ0n) is 14.6. The average molecular weight is 348 g/mol. The number of carboxylic acids is 3. The van der Waals surface area contributed by atoms with E-state index in [1.165, 1.54) is 20.8 Å². The van der Waals surface area contributed by atoms with Crippen molar-refractivity contribution in [2.75, 3.05) is 6.61 Å². The van der Waals surface area contributed by atoms with Crippen molar-refractivity contribution in [1.29, 1.82) is 0 Å². The van der Waals surface area contributed by atoms with Crippen molar-refractivity contribution in [3.05, 3.63) is 36.5 Å². The highest BCUT2D eigenvalue weighted by atomic mass is 16.4. The van der Waals surface area contributed by atoms with Gasteiger partial charge in [-0.3, -0.25) is 0 Å². The van der Waals surface area contributed by atoms with Gasteiger partial charge in [0.2, 0.25) is 0 Å². The molecule has 0 spiro atoms. The summed E-state index contributed by atoms with van der Waals surface area (Å²) in [6.45, 7) is 15.5. The highest BCUT2D eigenvalue weighted by Gasteiger charge is 1.91. The van der Waals surface area contributed by atoms with Gasteiger partial charge in [0.25, 0.3) is 0 Å². The van der Waals surface area contributed by atoms with Gasteiger partial charge in [-0.15, -0.1) is 0 Å². The molecular weight excluding hydrogens is 320 g/mol. The Balaban J connectivity index is -0.000000111. The van der Waals surface area contributed by atoms with Gasteiger partial charge >= 0.3 is 17.9 Å². The van der Waals surface area contributed by atoms with E-state index in [4.69, 9.17) is 25.5 Å². The van der Waals surface area contributed by atoms with Gasteiger partial charge < -0.3 is 25.5 Å². The van der Waals surface area contributed by atoms with Crippen LogP contribution in [0.2, 0.25) is 0 Å². The van der Waals surface area contributed by atoms with Crippen LogP contribution in [-0.2, 0) is 14.4 Å². The van der Waals surface area contributed by atoms with E-state index in [-0.39, 0.29) is 29.4 Å². The van der Waals surface area contributed by atoms with Gasteiger partial charge in [0, 0.05) is 23.3 Å². The second-order valence-electron chi connectivity index (χ2n) is 4.62. The minimum absolute atomic E-state index is 0.0810. The molecule has 0 rings (SSSR count). The van der Waals surface area contributed by atoms with E-state index >= 15 is 0 Å². The molecule has 0 radical (unpaired) electrons. The Morgan fingerprint density at radius 3 is 0.958 bits per heavy atom. The predicted octanol–water partition coefficient (Wildman–Crippen LogP) is 1.69. The maximum atomic E-state index is 9.60. The summed E-state index contributed by atoms with van der Waals surface area (Å²) in [7, 11) is 0. The van der Waals surface area contributed by atoms with Crippen molar-refractivity contribution in [3.8, 4) is 0 Å². The molecule has 0 aromatic carbocycles. The summed E-state index contributed by atoms with van der Waals surface area (Å²) in [6, 6.07) is 0. The van der Waals surface area contributed by atoms with Crippen molar-refractivity contribution in [3.63, 3.8) is 0 Å². The quantitative estimate of drug-likeness (QED) is 0.471. The van der Waals surface area contributed by atoms with Gasteiger partial charge in [-0.2, -0.15) is 0 Å². The number of aliphatic hydroxyl groups is 2. The van der Waals surface area contributed by atoms with Crippen molar-refractivity contribution < 1.29 is 39.9 Å². The second-order valence-corrected chi connectivity index (χ2v) is 4.62. The lowest BCUT2D eigenvalue weighted by Crippen LogP contribution is -2.00. The fraction of sp³-hybridized carbons (Fsp3) is 0.438. The lowest BCUT2D eigenvalue weighted by atomic mass is 10.3. The molecule has 0 aliphatic rings. The molecule has 0 heterocycles. The molecule has 0 aliphatic heterocycles. The Bertz CT molecular complexity index is 342. The molecule has 0 fully saturated rings. The molecule has 0 aromatic heterocycles. The Labute approximate surface area is 142 Å². The average Bonchev–Trinajstić information content (AvgIpc) is 2.40. The number of carbonyl (C=O) groups is 3. The third-order valence-electron chi connectivity index (χ3n) is 1.64. The summed E-state index contributed by atoms with van der Waals surface area (Å²) in [4.78, 5) is 28.8. The van der Waals surface area contributed by atoms with E-state index in [9.17, 15) is 14.4 Å². The maximum absolute atomic E-state index is 9.60. The number of aliphatic carboxylic acids is 3. The van der Waals surface area contributed by atoms with Crippen LogP contribution < -0.4 is 0 Å². The molecule has 5 N–H and O–H groups in total. The van der Waals surface area contributed by atoms with Crippen LogP contribution in [-0.4, -0.2) is 56.2 Å². The minimum atomic E-state index is -0.935. The molecule has 1 unspecified atom stereocenters. The van der Waals surface area contributed by atoms with Crippen LogP contribution >= 0.6 is 0 Å². The van der Waals surface area contributed by atoms with Crippen LogP contribution in [0.4, 0.5) is 0 Å². The summed E-state index contributed by atoms with van der Waals surface area (Å²) in [6.07, 6.45) is 0.134. The first kappa shape index (κ1) is 29.5. The van der Waals surface area contributed by atoms with E-state index in [1.807, 2.05) is 0 Å². The fourth-order valence-corrected chi connectivity index (χ4v) is 0.187. The van der Waals surface area contributed by atoms with Gasteiger partial charge in [0.15, 0.2) is 0 Å². The van der Waals surface area contributed by atoms with Crippen LogP contribution in [0.25, 0.3) is 0 Å². The third kappa shape index (κ3) is 42.7. The summed E-state index contributed by atoms with van der Waals surface area (Å²) in [5.74, 6) is -2.81. The van der Waals surface area contributed by atoms with Crippen LogP contribution in [0.5, 0.6) is 0 Å². The van der Waals surface area contributed by atoms with E-state index in [0.29, 0.717) is 6.42 Å². The third-order valence-corrected chi connectivity index (χ3v) is 1.64. The fourth-order valence-electron chi connectivity index (χ4n) is 0.187. The first-order chi connectivity index (χ1) is 10.7. The highest BCUT2D eigenvalue weighted by Crippen LogP contribution is 1.83. The molecule has 8 nitrogen and oxygen atoms in total. The van der Waals surface area contributed by atoms with Crippen molar-refractivity contribution in [2.24, 2.45) is 0 Å². The standard InChI is InChI=1S/C4H10O2.3C4H6O2/c1-4(6)2-3-5;3*1-3(2)4(5)6/h4-6H,2-3H2,1H3;3*1H2,2H3,(H,5,6). The van der Waals surface area contributed by atoms with Gasteiger partial charge in [0.1, 0.15) is 0 Å². The zero-order valence-corrected chi connectivity index (χ0v) is 14.6. The number of rotatable bonds is 5. The van der Waals surface area contributed by atoms with E-state index < -0.39 is 17.9 Å². The highest BCUT2D eigenvalue weighted by molar-refractivity contribution is 5.85. The number of hydrogen-bond acceptors (Lipinski definition) is 5. The molecule has 0 bridgehead atoms. The number of carboxylic acid groups (broad SMARTS) is 3. The van der Waals surface area contributed by atoms with E-state index in [1.54, 1.807) is 6.92 Å². The lowest BCUT2D eigenvalue weighted by Gasteiger charge is -1.95. The Morgan fingerprint density at radius 1 is 0.792 bits per heavy atom. The first-order valence-corrected chi connectivity index (χ1v) is 6.65. The van der Waals surface area contributed by atoms with Crippen LogP contribution in [0.3, 0.4) is 0 Å². The summed E-state index contributed by atoms with van der Waals surface area (Å²) in [5.41, 5.74) is 0.528. The molecule has 0 saturated carbocycles. The van der Waals surface area contributed by atoms with Gasteiger partial charge in [-0.1, -0.05) is 19.7 Å². The number of hydrogen-bond donors (Lipinski definition) is 5. The van der Waals surface area contributed by atoms with E-state index in [0.717, 1.165) is 0 Å². The van der Waals surface area contributed by atoms with Crippen LogP contribution in [0.1, 0.15) is 34.1 Å². The Kier molecular flexibility index (Phi) is 22.9. The molecule has 1 atom stereocenters. The van der Waals surface area contributed by atoms with Crippen molar-refractivity contribution >= 4 is 17.9 Å². The summed E-state index contributed by atoms with van der Waals surface area (Å²) in [5, 5.41) is 40.1. The molecule has 0 aliphatic carbocycles. The summed E-state index contributed by atoms with van der Waals surface area (Å²) >= 11 is 0. The molecule has 0 amide bonds. The normalized spacial score (nSPS) is 9.25. The van der Waals surface area contributed by atoms with E-state index in [2.05, 4.69) is 19.7 Å². The van der Waals surface area contributed by atoms with Gasteiger partial charge in [-0.05, 0) is 34.1 Å². The topological polar surface area (TPSA) is 152 Å². The van der Waals surface area contributed by atoms with Crippen LogP contribution in [0.15, 0.2) is 36.5 Å². The predicted molar refractivity (Wildman–Crippen MR) is 90.7 cm³/mol. The lowest BCUT2D eigenvalue weighted by molar-refractivity contribution is -0.133. The smallest absolute Gasteiger partial charge is 0.330 e. The minimum Gasteiger partial charge on any atom is -0.478 e. The zero-order chi connectivity index (χ0) is 20.5. The second kappa shape index (κ2) is 18.6. The Morgan fingerprint density at radius 2 is 0.958 bits per heavy atom. The SMILES string of the molecule is C=C(C)C(=O)O.C=C(C)C(=O)O.C=C(C)C(=O)O.CC(O)CCO. The molecule has 0 saturated heterocycles. The molecular formula is C16H28O8. The molecule has 8 heteroatoms. The monoisotopic (exact) mass is 348 g/mol. The molecule has 0 aromatic rings. The largest absolute Gasteiger partial charge is 0.478 e. The van der Waals surface area contributed by atoms with Crippen molar-refractivity contribution in [1.82, 2.24) is 0 Å². The van der Waals surface area contributed by atoms with Crippen molar-refractivity contribution in [2.45, 2.75) is 40.2 Å². The number of aliphatic hydroxyl groups excluding tert-OH is 2. The maximum Gasteiger partial charge on any atom is 0.330 e. The molecule has 140 valence electrons. The Hall–Kier alpha value is -2.45.